The fourth-order valence-electron chi connectivity index (χ4n) is 1.46. The van der Waals surface area contributed by atoms with Crippen molar-refractivity contribution < 1.29 is 14.0 Å². The Hall–Kier alpha value is -2.08. The number of rotatable bonds is 7. The smallest absolute Gasteiger partial charge is 0.264 e. The molecular formula is C13H17N3O3. The Labute approximate surface area is 111 Å². The molecule has 6 nitrogen and oxygen atoms in total. The molecule has 0 saturated heterocycles. The first-order chi connectivity index (χ1) is 9.28. The highest BCUT2D eigenvalue weighted by Crippen LogP contribution is 2.15. The lowest BCUT2D eigenvalue weighted by Gasteiger charge is -2.03. The third-order valence-electron chi connectivity index (χ3n) is 2.31. The molecule has 1 aromatic heterocycles. The SMILES string of the molecule is CCCOCc1noc(COc2cccc(N)c2)n1. The maximum Gasteiger partial charge on any atom is 0.264 e. The van der Waals surface area contributed by atoms with Crippen LogP contribution < -0.4 is 10.5 Å². The summed E-state index contributed by atoms with van der Waals surface area (Å²) in [5.41, 5.74) is 6.30. The average molecular weight is 263 g/mol. The highest BCUT2D eigenvalue weighted by molar-refractivity contribution is 5.43. The van der Waals surface area contributed by atoms with Crippen LogP contribution in [-0.2, 0) is 18.0 Å². The predicted octanol–water partition coefficient (Wildman–Crippen LogP) is 2.16. The predicted molar refractivity (Wildman–Crippen MR) is 69.4 cm³/mol. The van der Waals surface area contributed by atoms with E-state index in [0.29, 0.717) is 36.4 Å². The van der Waals surface area contributed by atoms with E-state index in [-0.39, 0.29) is 6.61 Å². The van der Waals surface area contributed by atoms with Crippen LogP contribution in [0.2, 0.25) is 0 Å². The summed E-state index contributed by atoms with van der Waals surface area (Å²) >= 11 is 0. The van der Waals surface area contributed by atoms with E-state index in [9.17, 15) is 0 Å². The lowest BCUT2D eigenvalue weighted by atomic mass is 10.3. The van der Waals surface area contributed by atoms with Gasteiger partial charge in [0.15, 0.2) is 12.4 Å². The largest absolute Gasteiger partial charge is 0.484 e. The van der Waals surface area contributed by atoms with Gasteiger partial charge in [-0.05, 0) is 18.6 Å². The number of ether oxygens (including phenoxy) is 2. The van der Waals surface area contributed by atoms with Gasteiger partial charge in [-0.25, -0.2) is 0 Å². The molecule has 0 bridgehead atoms. The Morgan fingerprint density at radius 3 is 3.00 bits per heavy atom. The van der Waals surface area contributed by atoms with Crippen LogP contribution in [0.25, 0.3) is 0 Å². The topological polar surface area (TPSA) is 83.4 Å². The van der Waals surface area contributed by atoms with E-state index in [0.717, 1.165) is 6.42 Å². The molecule has 0 fully saturated rings. The van der Waals surface area contributed by atoms with Crippen molar-refractivity contribution in [2.45, 2.75) is 26.6 Å². The summed E-state index contributed by atoms with van der Waals surface area (Å²) in [6.07, 6.45) is 0.962. The second-order valence-corrected chi connectivity index (χ2v) is 4.02. The number of aromatic nitrogens is 2. The molecule has 0 saturated carbocycles. The van der Waals surface area contributed by atoms with E-state index in [2.05, 4.69) is 10.1 Å². The monoisotopic (exact) mass is 263 g/mol. The van der Waals surface area contributed by atoms with Crippen molar-refractivity contribution >= 4 is 5.69 Å². The number of hydrogen-bond donors (Lipinski definition) is 1. The molecule has 2 aromatic rings. The summed E-state index contributed by atoms with van der Waals surface area (Å²) in [6, 6.07) is 7.17. The minimum atomic E-state index is 0.213. The summed E-state index contributed by atoms with van der Waals surface area (Å²) in [6.45, 7) is 3.30. The van der Waals surface area contributed by atoms with Crippen molar-refractivity contribution in [1.29, 1.82) is 0 Å². The molecule has 0 spiro atoms. The Bertz CT molecular complexity index is 513. The molecule has 0 aliphatic rings. The van der Waals surface area contributed by atoms with Gasteiger partial charge in [-0.15, -0.1) is 0 Å². The van der Waals surface area contributed by atoms with Gasteiger partial charge in [0.25, 0.3) is 5.89 Å². The molecule has 19 heavy (non-hydrogen) atoms. The maximum atomic E-state index is 5.65. The van der Waals surface area contributed by atoms with Gasteiger partial charge < -0.3 is 19.7 Å². The zero-order valence-corrected chi connectivity index (χ0v) is 10.8. The standard InChI is InChI=1S/C13H17N3O3/c1-2-6-17-8-12-15-13(19-16-12)9-18-11-5-3-4-10(14)7-11/h3-5,7H,2,6,8-9,14H2,1H3. The van der Waals surface area contributed by atoms with E-state index in [4.69, 9.17) is 19.7 Å². The van der Waals surface area contributed by atoms with Crippen LogP contribution in [0, 0.1) is 0 Å². The van der Waals surface area contributed by atoms with Crippen LogP contribution in [0.4, 0.5) is 5.69 Å². The van der Waals surface area contributed by atoms with Crippen molar-refractivity contribution in [3.8, 4) is 5.75 Å². The molecule has 1 heterocycles. The zero-order chi connectivity index (χ0) is 13.5. The molecule has 0 atom stereocenters. The van der Waals surface area contributed by atoms with E-state index in [1.165, 1.54) is 0 Å². The Balaban J connectivity index is 1.83. The molecule has 0 aliphatic heterocycles. The van der Waals surface area contributed by atoms with E-state index >= 15 is 0 Å². The normalized spacial score (nSPS) is 10.6. The Kier molecular flexibility index (Phi) is 4.74. The number of nitrogen functional groups attached to an aromatic ring is 1. The van der Waals surface area contributed by atoms with E-state index in [1.54, 1.807) is 12.1 Å². The van der Waals surface area contributed by atoms with Gasteiger partial charge in [0.05, 0.1) is 0 Å². The molecule has 0 aliphatic carbocycles. The van der Waals surface area contributed by atoms with E-state index < -0.39 is 0 Å². The fourth-order valence-corrected chi connectivity index (χ4v) is 1.46. The molecule has 2 rings (SSSR count). The fraction of sp³-hybridized carbons (Fsp3) is 0.385. The molecule has 2 N–H and O–H groups in total. The lowest BCUT2D eigenvalue weighted by Crippen LogP contribution is -1.98. The number of nitrogens with zero attached hydrogens (tertiary/aromatic N) is 2. The second kappa shape index (κ2) is 6.75. The van der Waals surface area contributed by atoms with Crippen LogP contribution in [0.15, 0.2) is 28.8 Å². The zero-order valence-electron chi connectivity index (χ0n) is 10.8. The summed E-state index contributed by atoms with van der Waals surface area (Å²) in [5.74, 6) is 1.61. The Morgan fingerprint density at radius 2 is 2.21 bits per heavy atom. The molecular weight excluding hydrogens is 246 g/mol. The molecule has 0 unspecified atom stereocenters. The highest BCUT2D eigenvalue weighted by Gasteiger charge is 2.07. The van der Waals surface area contributed by atoms with Gasteiger partial charge in [-0.2, -0.15) is 4.98 Å². The van der Waals surface area contributed by atoms with E-state index in [1.807, 2.05) is 19.1 Å². The first-order valence-electron chi connectivity index (χ1n) is 6.15. The van der Waals surface area contributed by atoms with Crippen LogP contribution in [0.5, 0.6) is 5.75 Å². The molecule has 0 radical (unpaired) electrons. The number of anilines is 1. The van der Waals surface area contributed by atoms with Gasteiger partial charge in [-0.1, -0.05) is 18.1 Å². The third kappa shape index (κ3) is 4.26. The number of nitrogens with two attached hydrogens (primary N) is 1. The minimum absolute atomic E-state index is 0.213. The van der Waals surface area contributed by atoms with Crippen molar-refractivity contribution in [3.05, 3.63) is 36.0 Å². The summed E-state index contributed by atoms with van der Waals surface area (Å²) in [5, 5.41) is 3.80. The van der Waals surface area contributed by atoms with Crippen LogP contribution in [-0.4, -0.2) is 16.7 Å². The average Bonchev–Trinajstić information content (AvgIpc) is 2.85. The van der Waals surface area contributed by atoms with Gasteiger partial charge >= 0.3 is 0 Å². The van der Waals surface area contributed by atoms with Crippen LogP contribution >= 0.6 is 0 Å². The quantitative estimate of drug-likeness (QED) is 0.608. The van der Waals surface area contributed by atoms with Crippen molar-refractivity contribution in [3.63, 3.8) is 0 Å². The first kappa shape index (κ1) is 13.4. The lowest BCUT2D eigenvalue weighted by molar-refractivity contribution is 0.114. The van der Waals surface area contributed by atoms with Crippen molar-refractivity contribution in [2.75, 3.05) is 12.3 Å². The van der Waals surface area contributed by atoms with Gasteiger partial charge in [0.2, 0.25) is 0 Å². The summed E-state index contributed by atoms with van der Waals surface area (Å²) in [4.78, 5) is 4.16. The summed E-state index contributed by atoms with van der Waals surface area (Å²) < 4.78 is 15.9. The van der Waals surface area contributed by atoms with Gasteiger partial charge in [0.1, 0.15) is 12.4 Å². The summed E-state index contributed by atoms with van der Waals surface area (Å²) in [7, 11) is 0. The molecule has 0 amide bonds. The van der Waals surface area contributed by atoms with Crippen LogP contribution in [0.1, 0.15) is 25.1 Å². The number of benzene rings is 1. The minimum Gasteiger partial charge on any atom is -0.484 e. The third-order valence-corrected chi connectivity index (χ3v) is 2.31. The molecule has 1 aromatic carbocycles. The number of hydrogen-bond acceptors (Lipinski definition) is 6. The first-order valence-corrected chi connectivity index (χ1v) is 6.15. The highest BCUT2D eigenvalue weighted by atomic mass is 16.5. The second-order valence-electron chi connectivity index (χ2n) is 4.02. The molecule has 6 heteroatoms. The van der Waals surface area contributed by atoms with Crippen molar-refractivity contribution in [2.24, 2.45) is 0 Å². The van der Waals surface area contributed by atoms with Crippen molar-refractivity contribution in [1.82, 2.24) is 10.1 Å². The Morgan fingerprint density at radius 1 is 1.32 bits per heavy atom. The maximum absolute atomic E-state index is 5.65. The van der Waals surface area contributed by atoms with Gasteiger partial charge in [-0.3, -0.25) is 0 Å². The molecule has 102 valence electrons. The van der Waals surface area contributed by atoms with Crippen LogP contribution in [0.3, 0.4) is 0 Å². The van der Waals surface area contributed by atoms with Gasteiger partial charge in [0, 0.05) is 18.4 Å².